The van der Waals surface area contributed by atoms with Crippen LogP contribution in [0.15, 0.2) is 26.8 Å². The van der Waals surface area contributed by atoms with E-state index in [1.54, 1.807) is 7.05 Å². The summed E-state index contributed by atoms with van der Waals surface area (Å²) in [6.07, 6.45) is 0. The molecule has 3 heterocycles. The van der Waals surface area contributed by atoms with E-state index in [4.69, 9.17) is 0 Å². The molecule has 0 aromatic carbocycles. The number of aryl methyl sites for hydroxylation is 1. The summed E-state index contributed by atoms with van der Waals surface area (Å²) in [5.74, 6) is 0.00757. The van der Waals surface area contributed by atoms with Crippen molar-refractivity contribution in [3.05, 3.63) is 32.9 Å². The van der Waals surface area contributed by atoms with E-state index in [2.05, 4.69) is 15.3 Å². The number of anilines is 1. The van der Waals surface area contributed by atoms with Crippen LogP contribution in [0.1, 0.15) is 5.69 Å². The number of thiazole rings is 1. The lowest BCUT2D eigenvalue weighted by Crippen LogP contribution is -2.20. The minimum absolute atomic E-state index is 0.0848. The van der Waals surface area contributed by atoms with Crippen molar-refractivity contribution >= 4 is 55.7 Å². The Hall–Kier alpha value is -1.71. The molecule has 3 aromatic heterocycles. The van der Waals surface area contributed by atoms with Crippen LogP contribution in [-0.4, -0.2) is 26.2 Å². The smallest absolute Gasteiger partial charge is 0.271 e. The normalized spacial score (nSPS) is 11.0. The van der Waals surface area contributed by atoms with Gasteiger partial charge >= 0.3 is 0 Å². The largest absolute Gasteiger partial charge is 0.301 e. The fourth-order valence-corrected chi connectivity index (χ4v) is 4.08. The number of carbonyl (C=O) groups excluding carboxylic acids is 1. The van der Waals surface area contributed by atoms with E-state index in [-0.39, 0.29) is 17.2 Å². The van der Waals surface area contributed by atoms with Crippen LogP contribution in [0.4, 0.5) is 5.13 Å². The van der Waals surface area contributed by atoms with E-state index in [0.29, 0.717) is 20.5 Å². The van der Waals surface area contributed by atoms with Gasteiger partial charge in [0, 0.05) is 12.4 Å². The van der Waals surface area contributed by atoms with Crippen molar-refractivity contribution in [1.29, 1.82) is 0 Å². The highest BCUT2D eigenvalue weighted by atomic mass is 32.2. The lowest BCUT2D eigenvalue weighted by molar-refractivity contribution is -0.113. The number of aromatic nitrogens is 3. The number of thiophene rings is 1. The van der Waals surface area contributed by atoms with E-state index < -0.39 is 0 Å². The van der Waals surface area contributed by atoms with Crippen LogP contribution >= 0.6 is 34.4 Å². The standard InChI is InChI=1S/C13H12N4O2S3/c1-7-5-21-12(14-7)16-9(18)6-22-13-15-8-3-4-20-10(8)11(19)17(13)2/h3-5H,6H2,1-2H3,(H,14,16,18). The minimum atomic E-state index is -0.168. The highest BCUT2D eigenvalue weighted by molar-refractivity contribution is 7.99. The van der Waals surface area contributed by atoms with Gasteiger partial charge in [-0.3, -0.25) is 14.2 Å². The Morgan fingerprint density at radius 1 is 1.41 bits per heavy atom. The van der Waals surface area contributed by atoms with Crippen LogP contribution in [-0.2, 0) is 11.8 Å². The minimum Gasteiger partial charge on any atom is -0.301 e. The molecule has 0 unspecified atom stereocenters. The average molecular weight is 352 g/mol. The molecular weight excluding hydrogens is 340 g/mol. The summed E-state index contributed by atoms with van der Waals surface area (Å²) in [6, 6.07) is 1.81. The van der Waals surface area contributed by atoms with Crippen molar-refractivity contribution in [2.24, 2.45) is 7.05 Å². The topological polar surface area (TPSA) is 76.9 Å². The maximum atomic E-state index is 12.2. The number of hydrogen-bond acceptors (Lipinski definition) is 7. The Balaban J connectivity index is 1.72. The van der Waals surface area contributed by atoms with Gasteiger partial charge in [0.2, 0.25) is 5.91 Å². The molecule has 0 spiro atoms. The van der Waals surface area contributed by atoms with Crippen LogP contribution < -0.4 is 10.9 Å². The number of amides is 1. The molecule has 3 rings (SSSR count). The molecule has 0 fully saturated rings. The molecule has 6 nitrogen and oxygen atoms in total. The number of nitrogens with zero attached hydrogens (tertiary/aromatic N) is 3. The second-order valence-electron chi connectivity index (χ2n) is 4.52. The van der Waals surface area contributed by atoms with Crippen molar-refractivity contribution in [3.8, 4) is 0 Å². The molecule has 1 amide bonds. The van der Waals surface area contributed by atoms with Crippen LogP contribution in [0.2, 0.25) is 0 Å². The second-order valence-corrected chi connectivity index (χ2v) is 7.24. The van der Waals surface area contributed by atoms with Gasteiger partial charge in [0.25, 0.3) is 5.56 Å². The Morgan fingerprint density at radius 2 is 2.23 bits per heavy atom. The van der Waals surface area contributed by atoms with Gasteiger partial charge in [0.05, 0.1) is 17.0 Å². The maximum absolute atomic E-state index is 12.2. The first-order valence-electron chi connectivity index (χ1n) is 6.33. The summed E-state index contributed by atoms with van der Waals surface area (Å²) < 4.78 is 2.11. The molecule has 0 atom stereocenters. The molecule has 0 saturated carbocycles. The van der Waals surface area contributed by atoms with Crippen molar-refractivity contribution in [2.75, 3.05) is 11.1 Å². The van der Waals surface area contributed by atoms with Gasteiger partial charge in [-0.15, -0.1) is 22.7 Å². The lowest BCUT2D eigenvalue weighted by Gasteiger charge is -2.06. The summed E-state index contributed by atoms with van der Waals surface area (Å²) in [5, 5.41) is 7.56. The first-order chi connectivity index (χ1) is 10.5. The number of hydrogen-bond donors (Lipinski definition) is 1. The molecule has 0 aliphatic rings. The fraction of sp³-hybridized carbons (Fsp3) is 0.231. The van der Waals surface area contributed by atoms with Crippen molar-refractivity contribution < 1.29 is 4.79 Å². The molecule has 3 aromatic rings. The van der Waals surface area contributed by atoms with Gasteiger partial charge in [-0.2, -0.15) is 0 Å². The van der Waals surface area contributed by atoms with Gasteiger partial charge in [-0.25, -0.2) is 9.97 Å². The number of carbonyl (C=O) groups is 1. The van der Waals surface area contributed by atoms with Gasteiger partial charge in [-0.05, 0) is 18.4 Å². The number of nitrogens with one attached hydrogen (secondary N) is 1. The molecule has 22 heavy (non-hydrogen) atoms. The summed E-state index contributed by atoms with van der Waals surface area (Å²) in [6.45, 7) is 1.87. The number of thioether (sulfide) groups is 1. The van der Waals surface area contributed by atoms with Gasteiger partial charge in [0.1, 0.15) is 4.70 Å². The Labute approximate surface area is 138 Å². The van der Waals surface area contributed by atoms with Crippen LogP contribution in [0.5, 0.6) is 0 Å². The van der Waals surface area contributed by atoms with Crippen LogP contribution in [0.3, 0.4) is 0 Å². The van der Waals surface area contributed by atoms with Crippen molar-refractivity contribution in [2.45, 2.75) is 12.1 Å². The summed E-state index contributed by atoms with van der Waals surface area (Å²) in [7, 11) is 1.67. The van der Waals surface area contributed by atoms with E-state index in [9.17, 15) is 9.59 Å². The fourth-order valence-electron chi connectivity index (χ4n) is 1.79. The highest BCUT2D eigenvalue weighted by Crippen LogP contribution is 2.21. The Morgan fingerprint density at radius 3 is 2.95 bits per heavy atom. The predicted molar refractivity (Wildman–Crippen MR) is 91.1 cm³/mol. The molecule has 1 N–H and O–H groups in total. The second kappa shape index (κ2) is 6.19. The van der Waals surface area contributed by atoms with Crippen LogP contribution in [0, 0.1) is 6.92 Å². The summed E-state index contributed by atoms with van der Waals surface area (Å²) in [4.78, 5) is 32.7. The Kier molecular flexibility index (Phi) is 4.27. The van der Waals surface area contributed by atoms with E-state index in [1.807, 2.05) is 23.8 Å². The maximum Gasteiger partial charge on any atom is 0.271 e. The molecule has 9 heteroatoms. The molecule has 0 aliphatic heterocycles. The molecule has 0 saturated heterocycles. The summed E-state index contributed by atoms with van der Waals surface area (Å²) >= 11 is 4.00. The van der Waals surface area contributed by atoms with E-state index >= 15 is 0 Å². The zero-order valence-corrected chi connectivity index (χ0v) is 14.3. The molecule has 0 radical (unpaired) electrons. The van der Waals surface area contributed by atoms with E-state index in [1.165, 1.54) is 39.0 Å². The third-order valence-corrected chi connectivity index (χ3v) is 5.64. The quantitative estimate of drug-likeness (QED) is 0.577. The Bertz CT molecular complexity index is 896. The third-order valence-electron chi connectivity index (χ3n) is 2.84. The molecule has 0 bridgehead atoms. The number of fused-ring (bicyclic) bond motifs is 1. The molecular formula is C13H12N4O2S3. The molecule has 114 valence electrons. The van der Waals surface area contributed by atoms with Crippen molar-refractivity contribution in [1.82, 2.24) is 14.5 Å². The highest BCUT2D eigenvalue weighted by Gasteiger charge is 2.12. The third kappa shape index (κ3) is 3.06. The monoisotopic (exact) mass is 352 g/mol. The van der Waals surface area contributed by atoms with Gasteiger partial charge in [-0.1, -0.05) is 11.8 Å². The zero-order chi connectivity index (χ0) is 15.7. The van der Waals surface area contributed by atoms with E-state index in [0.717, 1.165) is 5.69 Å². The lowest BCUT2D eigenvalue weighted by atomic mass is 10.5. The average Bonchev–Trinajstić information content (AvgIpc) is 3.10. The SMILES string of the molecule is Cc1csc(NC(=O)CSc2nc3ccsc3c(=O)n2C)n1. The predicted octanol–water partition coefficient (Wildman–Crippen LogP) is 2.49. The van der Waals surface area contributed by atoms with Crippen molar-refractivity contribution in [3.63, 3.8) is 0 Å². The number of rotatable bonds is 4. The van der Waals surface area contributed by atoms with Gasteiger partial charge in [0.15, 0.2) is 10.3 Å². The van der Waals surface area contributed by atoms with Crippen LogP contribution in [0.25, 0.3) is 10.2 Å². The first kappa shape index (κ1) is 15.2. The summed E-state index contributed by atoms with van der Waals surface area (Å²) in [5.41, 5.74) is 1.46. The zero-order valence-electron chi connectivity index (χ0n) is 11.8. The molecule has 0 aliphatic carbocycles. The first-order valence-corrected chi connectivity index (χ1v) is 9.08. The van der Waals surface area contributed by atoms with Gasteiger partial charge < -0.3 is 5.32 Å².